The summed E-state index contributed by atoms with van der Waals surface area (Å²) in [6.07, 6.45) is 1.82. The quantitative estimate of drug-likeness (QED) is 0.605. The Labute approximate surface area is 111 Å². The minimum absolute atomic E-state index is 0.107. The minimum atomic E-state index is -0.123. The van der Waals surface area contributed by atoms with Crippen LogP contribution in [0.15, 0.2) is 12.1 Å². The van der Waals surface area contributed by atoms with E-state index in [1.165, 1.54) is 0 Å². The molecule has 3 heteroatoms. The zero-order valence-electron chi connectivity index (χ0n) is 10.8. The second kappa shape index (κ2) is 6.20. The van der Waals surface area contributed by atoms with Crippen molar-refractivity contribution in [3.8, 4) is 5.75 Å². The van der Waals surface area contributed by atoms with Crippen LogP contribution in [-0.4, -0.2) is 17.7 Å². The summed E-state index contributed by atoms with van der Waals surface area (Å²) in [4.78, 5) is 12.2. The van der Waals surface area contributed by atoms with E-state index in [1.807, 2.05) is 26.0 Å². The summed E-state index contributed by atoms with van der Waals surface area (Å²) in [6.45, 7) is 6.03. The highest BCUT2D eigenvalue weighted by Gasteiger charge is 2.21. The van der Waals surface area contributed by atoms with Gasteiger partial charge in [0.2, 0.25) is 0 Å². The molecule has 0 N–H and O–H groups in total. The molecule has 1 rings (SSSR count). The van der Waals surface area contributed by atoms with Crippen LogP contribution in [0.25, 0.3) is 0 Å². The molecular formula is C14H19BrO2. The van der Waals surface area contributed by atoms with Gasteiger partial charge in [0, 0.05) is 0 Å². The number of ether oxygens (including phenoxy) is 1. The van der Waals surface area contributed by atoms with E-state index in [0.29, 0.717) is 11.3 Å². The number of hydrogen-bond acceptors (Lipinski definition) is 2. The van der Waals surface area contributed by atoms with Crippen molar-refractivity contribution in [1.82, 2.24) is 0 Å². The van der Waals surface area contributed by atoms with Crippen molar-refractivity contribution in [2.75, 3.05) is 7.11 Å². The number of aryl methyl sites for hydroxylation is 2. The van der Waals surface area contributed by atoms with Crippen molar-refractivity contribution in [2.45, 2.75) is 38.4 Å². The molecule has 1 atom stereocenters. The molecular weight excluding hydrogens is 280 g/mol. The predicted octanol–water partition coefficient (Wildman–Crippen LogP) is 4.06. The highest BCUT2D eigenvalue weighted by Crippen LogP contribution is 2.28. The van der Waals surface area contributed by atoms with Crippen LogP contribution in [0.5, 0.6) is 5.75 Å². The van der Waals surface area contributed by atoms with Crippen LogP contribution in [-0.2, 0) is 0 Å². The maximum atomic E-state index is 12.3. The van der Waals surface area contributed by atoms with Gasteiger partial charge in [-0.1, -0.05) is 35.3 Å². The van der Waals surface area contributed by atoms with E-state index in [1.54, 1.807) is 7.11 Å². The second-order valence-corrected chi connectivity index (χ2v) is 5.39. The number of Topliss-reactive ketones (excluding diaryl/α,β-unsaturated/α-hetero) is 1. The molecule has 17 heavy (non-hydrogen) atoms. The number of rotatable bonds is 5. The number of carbonyl (C=O) groups is 1. The first kappa shape index (κ1) is 14.2. The zero-order chi connectivity index (χ0) is 13.0. The molecule has 94 valence electrons. The molecule has 0 aliphatic heterocycles. The third-order valence-corrected chi connectivity index (χ3v) is 3.59. The van der Waals surface area contributed by atoms with Crippen molar-refractivity contribution < 1.29 is 9.53 Å². The summed E-state index contributed by atoms with van der Waals surface area (Å²) in [5.74, 6) is 0.802. The van der Waals surface area contributed by atoms with Gasteiger partial charge in [0.15, 0.2) is 5.78 Å². The van der Waals surface area contributed by atoms with Crippen molar-refractivity contribution in [2.24, 2.45) is 0 Å². The number of alkyl halides is 1. The van der Waals surface area contributed by atoms with Crippen LogP contribution in [0, 0.1) is 13.8 Å². The molecule has 1 aromatic carbocycles. The van der Waals surface area contributed by atoms with Gasteiger partial charge in [-0.25, -0.2) is 0 Å². The smallest absolute Gasteiger partial charge is 0.180 e. The molecule has 0 fully saturated rings. The Morgan fingerprint density at radius 1 is 1.41 bits per heavy atom. The van der Waals surface area contributed by atoms with E-state index in [0.717, 1.165) is 24.0 Å². The van der Waals surface area contributed by atoms with Crippen LogP contribution < -0.4 is 4.74 Å². The standard InChI is InChI=1S/C14H19BrO2/c1-5-6-12(15)13(16)11-8-9(2)7-10(3)14(11)17-4/h7-8,12H,5-6H2,1-4H3. The molecule has 0 aliphatic carbocycles. The fourth-order valence-electron chi connectivity index (χ4n) is 1.96. The van der Waals surface area contributed by atoms with Gasteiger partial charge in [0.25, 0.3) is 0 Å². The first-order valence-corrected chi connectivity index (χ1v) is 6.76. The Kier molecular flexibility index (Phi) is 5.19. The number of benzene rings is 1. The Morgan fingerprint density at radius 3 is 2.59 bits per heavy atom. The van der Waals surface area contributed by atoms with Crippen molar-refractivity contribution >= 4 is 21.7 Å². The highest BCUT2D eigenvalue weighted by molar-refractivity contribution is 9.10. The highest BCUT2D eigenvalue weighted by atomic mass is 79.9. The molecule has 0 amide bonds. The largest absolute Gasteiger partial charge is 0.496 e. The van der Waals surface area contributed by atoms with E-state index < -0.39 is 0 Å². The van der Waals surface area contributed by atoms with Gasteiger partial charge >= 0.3 is 0 Å². The molecule has 0 saturated carbocycles. The number of ketones is 1. The van der Waals surface area contributed by atoms with E-state index in [4.69, 9.17) is 4.74 Å². The lowest BCUT2D eigenvalue weighted by Gasteiger charge is -2.14. The molecule has 0 heterocycles. The summed E-state index contributed by atoms with van der Waals surface area (Å²) < 4.78 is 5.34. The van der Waals surface area contributed by atoms with Crippen molar-refractivity contribution in [3.05, 3.63) is 28.8 Å². The SMILES string of the molecule is CCCC(Br)C(=O)c1cc(C)cc(C)c1OC. The molecule has 1 unspecified atom stereocenters. The normalized spacial score (nSPS) is 12.3. The Hall–Kier alpha value is -0.830. The fraction of sp³-hybridized carbons (Fsp3) is 0.500. The van der Waals surface area contributed by atoms with Gasteiger partial charge < -0.3 is 4.74 Å². The summed E-state index contributed by atoms with van der Waals surface area (Å²) in [7, 11) is 1.61. The van der Waals surface area contributed by atoms with E-state index in [-0.39, 0.29) is 10.6 Å². The lowest BCUT2D eigenvalue weighted by molar-refractivity contribution is 0.0985. The van der Waals surface area contributed by atoms with Crippen LogP contribution in [0.2, 0.25) is 0 Å². The number of carbonyl (C=O) groups excluding carboxylic acids is 1. The molecule has 0 saturated heterocycles. The monoisotopic (exact) mass is 298 g/mol. The number of hydrogen-bond donors (Lipinski definition) is 0. The van der Waals surface area contributed by atoms with Gasteiger partial charge in [0.1, 0.15) is 5.75 Å². The van der Waals surface area contributed by atoms with Crippen molar-refractivity contribution in [3.63, 3.8) is 0 Å². The van der Waals surface area contributed by atoms with Crippen LogP contribution >= 0.6 is 15.9 Å². The second-order valence-electron chi connectivity index (χ2n) is 4.28. The molecule has 0 spiro atoms. The minimum Gasteiger partial charge on any atom is -0.496 e. The third-order valence-electron chi connectivity index (χ3n) is 2.72. The van der Waals surface area contributed by atoms with Gasteiger partial charge in [-0.3, -0.25) is 4.79 Å². The van der Waals surface area contributed by atoms with Gasteiger partial charge in [-0.05, 0) is 37.5 Å². The average molecular weight is 299 g/mol. The van der Waals surface area contributed by atoms with E-state index in [2.05, 4.69) is 22.9 Å². The number of halogens is 1. The van der Waals surface area contributed by atoms with Crippen molar-refractivity contribution in [1.29, 1.82) is 0 Å². The van der Waals surface area contributed by atoms with Gasteiger partial charge in [-0.2, -0.15) is 0 Å². The van der Waals surface area contributed by atoms with Gasteiger partial charge in [0.05, 0.1) is 17.5 Å². The summed E-state index contributed by atoms with van der Waals surface area (Å²) >= 11 is 3.45. The molecule has 2 nitrogen and oxygen atoms in total. The lowest BCUT2D eigenvalue weighted by Crippen LogP contribution is -2.15. The third kappa shape index (κ3) is 3.32. The number of methoxy groups -OCH3 is 1. The first-order chi connectivity index (χ1) is 8.01. The van der Waals surface area contributed by atoms with E-state index >= 15 is 0 Å². The summed E-state index contributed by atoms with van der Waals surface area (Å²) in [5.41, 5.74) is 2.77. The average Bonchev–Trinajstić information content (AvgIpc) is 2.27. The topological polar surface area (TPSA) is 26.3 Å². The Balaban J connectivity index is 3.16. The summed E-state index contributed by atoms with van der Waals surface area (Å²) in [6, 6.07) is 3.93. The molecule has 1 aromatic rings. The summed E-state index contributed by atoms with van der Waals surface area (Å²) in [5, 5.41) is 0. The maximum Gasteiger partial charge on any atom is 0.180 e. The Bertz CT molecular complexity index is 413. The maximum absolute atomic E-state index is 12.3. The first-order valence-electron chi connectivity index (χ1n) is 5.84. The molecule has 0 radical (unpaired) electrons. The van der Waals surface area contributed by atoms with Crippen LogP contribution in [0.1, 0.15) is 41.3 Å². The van der Waals surface area contributed by atoms with E-state index in [9.17, 15) is 4.79 Å². The Morgan fingerprint density at radius 2 is 2.06 bits per heavy atom. The molecule has 0 bridgehead atoms. The van der Waals surface area contributed by atoms with Crippen LogP contribution in [0.3, 0.4) is 0 Å². The molecule has 0 aliphatic rings. The predicted molar refractivity (Wildman–Crippen MR) is 74.4 cm³/mol. The van der Waals surface area contributed by atoms with Crippen LogP contribution in [0.4, 0.5) is 0 Å². The zero-order valence-corrected chi connectivity index (χ0v) is 12.4. The fourth-order valence-corrected chi connectivity index (χ4v) is 2.67. The van der Waals surface area contributed by atoms with Gasteiger partial charge in [-0.15, -0.1) is 0 Å². The molecule has 0 aromatic heterocycles. The lowest BCUT2D eigenvalue weighted by atomic mass is 9.99.